The lowest BCUT2D eigenvalue weighted by molar-refractivity contribution is -0.143. The van der Waals surface area contributed by atoms with Gasteiger partial charge in [-0.1, -0.05) is 55.5 Å². The first-order valence-corrected chi connectivity index (χ1v) is 25.8. The highest BCUT2D eigenvalue weighted by atomic mass is 32.1. The van der Waals surface area contributed by atoms with E-state index in [1.165, 1.54) is 16.2 Å². The van der Waals surface area contributed by atoms with Gasteiger partial charge >= 0.3 is 0 Å². The van der Waals surface area contributed by atoms with Gasteiger partial charge in [0.25, 0.3) is 5.91 Å². The van der Waals surface area contributed by atoms with E-state index in [1.807, 2.05) is 104 Å². The third-order valence-electron chi connectivity index (χ3n) is 13.1. The second kappa shape index (κ2) is 21.4. The van der Waals surface area contributed by atoms with E-state index in [0.717, 1.165) is 59.7 Å². The van der Waals surface area contributed by atoms with E-state index in [1.54, 1.807) is 39.9 Å². The van der Waals surface area contributed by atoms with Crippen LogP contribution in [0.2, 0.25) is 0 Å². The van der Waals surface area contributed by atoms with Crippen LogP contribution < -0.4 is 20.1 Å². The summed E-state index contributed by atoms with van der Waals surface area (Å²) >= 11 is 3.08. The Bertz CT molecular complexity index is 3390. The number of carbonyl (C=O) groups is 3. The summed E-state index contributed by atoms with van der Waals surface area (Å²) in [6.45, 7) is 8.10. The van der Waals surface area contributed by atoms with Crippen molar-refractivity contribution in [3.05, 3.63) is 119 Å². The minimum absolute atomic E-state index is 0.00408. The summed E-state index contributed by atoms with van der Waals surface area (Å²) in [5, 5.41) is 26.3. The van der Waals surface area contributed by atoms with Crippen molar-refractivity contribution in [2.75, 3.05) is 58.6 Å². The zero-order valence-corrected chi connectivity index (χ0v) is 42.4. The van der Waals surface area contributed by atoms with Crippen LogP contribution >= 0.6 is 22.7 Å². The largest absolute Gasteiger partial charge is 0.491 e. The van der Waals surface area contributed by atoms with Crippen LogP contribution in [-0.4, -0.2) is 128 Å². The number of aliphatic hydroxyl groups is 1. The van der Waals surface area contributed by atoms with Crippen molar-refractivity contribution < 1.29 is 38.4 Å². The molecule has 20 heteroatoms. The molecule has 3 atom stereocenters. The zero-order chi connectivity index (χ0) is 50.8. The number of likely N-dealkylation sites (tertiary alicyclic amines) is 1. The monoisotopic (exact) mass is 1020 g/mol. The lowest BCUT2D eigenvalue weighted by atomic mass is 10.0. The minimum atomic E-state index is -0.916. The molecule has 18 nitrogen and oxygen atoms in total. The summed E-state index contributed by atoms with van der Waals surface area (Å²) in [6, 6.07) is 23.0. The average molecular weight is 1020 g/mol. The first kappa shape index (κ1) is 49.2. The molecule has 0 saturated carbocycles. The summed E-state index contributed by atoms with van der Waals surface area (Å²) in [5.74, 6) is 0.877. The summed E-state index contributed by atoms with van der Waals surface area (Å²) in [5.41, 5.74) is 9.40. The van der Waals surface area contributed by atoms with E-state index in [4.69, 9.17) is 28.9 Å². The standard InChI is InChI=1S/C53H54N10O8S2/c1-31(2)47(63-27-36-7-5-6-8-39(36)51(63)66)52(67)61-28-37(64)23-42(61)50(65)56-26-35-10-9-34(48-32(3)57-30-72-48)22-43(35)71-20-18-69-16-15-68-17-19-70-38-11-12-41-44(24-38)73-53-58-40(29-62(41)53)46-49(55-4)60-14-13-33(25-54)21-45(60)59-46/h5-14,21-22,24,29-31,37,42,47,55,64H,15-20,23,26-28H2,1-4H3,(H,56,65)/t37-,42+,47+/m1/s1. The number of thiazole rings is 2. The molecule has 0 bridgehead atoms. The fraction of sp³-hybridized carbons (Fsp3) is 0.340. The molecule has 8 aromatic rings. The van der Waals surface area contributed by atoms with Gasteiger partial charge in [0.1, 0.15) is 59.6 Å². The molecule has 1 saturated heterocycles. The number of benzene rings is 3. The third kappa shape index (κ3) is 10.1. The Morgan fingerprint density at radius 3 is 2.51 bits per heavy atom. The topological polar surface area (TPSA) is 210 Å². The quantitative estimate of drug-likeness (QED) is 0.0661. The summed E-state index contributed by atoms with van der Waals surface area (Å²) in [6.07, 6.45) is 3.00. The Balaban J connectivity index is 0.693. The van der Waals surface area contributed by atoms with Gasteiger partial charge in [-0.15, -0.1) is 11.3 Å². The van der Waals surface area contributed by atoms with Crippen molar-refractivity contribution in [1.82, 2.24) is 38.9 Å². The highest BCUT2D eigenvalue weighted by molar-refractivity contribution is 7.23. The Morgan fingerprint density at radius 1 is 0.959 bits per heavy atom. The van der Waals surface area contributed by atoms with Crippen molar-refractivity contribution in [3.63, 3.8) is 0 Å². The number of aromatic nitrogens is 5. The lowest BCUT2D eigenvalue weighted by Crippen LogP contribution is -2.55. The van der Waals surface area contributed by atoms with Crippen LogP contribution in [0.3, 0.4) is 0 Å². The van der Waals surface area contributed by atoms with Crippen LogP contribution in [0.25, 0.3) is 42.7 Å². The highest BCUT2D eigenvalue weighted by Crippen LogP contribution is 2.36. The fourth-order valence-corrected chi connectivity index (χ4v) is 11.4. The number of pyridine rings is 1. The van der Waals surface area contributed by atoms with Crippen LogP contribution in [0.1, 0.15) is 53.0 Å². The molecule has 0 unspecified atom stereocenters. The predicted octanol–water partition coefficient (Wildman–Crippen LogP) is 6.96. The van der Waals surface area contributed by atoms with E-state index in [0.29, 0.717) is 67.8 Å². The van der Waals surface area contributed by atoms with Crippen LogP contribution in [-0.2, 0) is 32.2 Å². The number of hydrogen-bond acceptors (Lipinski definition) is 15. The van der Waals surface area contributed by atoms with E-state index in [2.05, 4.69) is 21.7 Å². The number of nitrogens with one attached hydrogen (secondary N) is 2. The Hall–Kier alpha value is -7.41. The molecule has 0 aliphatic carbocycles. The Kier molecular flexibility index (Phi) is 14.4. The maximum absolute atomic E-state index is 14.3. The maximum atomic E-state index is 14.3. The molecule has 2 aliphatic rings. The molecule has 1 fully saturated rings. The third-order valence-corrected chi connectivity index (χ3v) is 15.1. The Morgan fingerprint density at radius 2 is 1.75 bits per heavy atom. The first-order valence-electron chi connectivity index (χ1n) is 24.1. The van der Waals surface area contributed by atoms with Gasteiger partial charge in [-0.25, -0.2) is 15.0 Å². The van der Waals surface area contributed by atoms with Crippen LogP contribution in [0, 0.1) is 24.2 Å². The number of nitriles is 1. The second-order valence-electron chi connectivity index (χ2n) is 18.2. The second-order valence-corrected chi connectivity index (χ2v) is 20.1. The molecule has 10 rings (SSSR count). The summed E-state index contributed by atoms with van der Waals surface area (Å²) in [4.78, 5) is 60.6. The summed E-state index contributed by atoms with van der Waals surface area (Å²) in [7, 11) is 1.84. The predicted molar refractivity (Wildman–Crippen MR) is 277 cm³/mol. The van der Waals surface area contributed by atoms with Crippen molar-refractivity contribution >= 4 is 67.0 Å². The highest BCUT2D eigenvalue weighted by Gasteiger charge is 2.46. The molecule has 73 heavy (non-hydrogen) atoms. The van der Waals surface area contributed by atoms with E-state index >= 15 is 0 Å². The molecule has 7 heterocycles. The number of aryl methyl sites for hydroxylation is 1. The van der Waals surface area contributed by atoms with Crippen molar-refractivity contribution in [2.45, 2.75) is 58.5 Å². The fourth-order valence-electron chi connectivity index (χ4n) is 9.58. The number of ether oxygens (including phenoxy) is 4. The molecule has 5 aromatic heterocycles. The van der Waals surface area contributed by atoms with E-state index < -0.39 is 24.1 Å². The van der Waals surface area contributed by atoms with Gasteiger partial charge < -0.3 is 44.5 Å². The van der Waals surface area contributed by atoms with Gasteiger partial charge in [-0.3, -0.25) is 23.2 Å². The minimum Gasteiger partial charge on any atom is -0.491 e. The van der Waals surface area contributed by atoms with Gasteiger partial charge in [0.05, 0.1) is 70.5 Å². The molecular formula is C53H54N10O8S2. The number of aliphatic hydroxyl groups excluding tert-OH is 1. The number of nitrogens with zero attached hydrogens (tertiary/aromatic N) is 8. The van der Waals surface area contributed by atoms with Gasteiger partial charge in [0.2, 0.25) is 11.8 Å². The van der Waals surface area contributed by atoms with Crippen LogP contribution in [0.4, 0.5) is 5.82 Å². The van der Waals surface area contributed by atoms with Gasteiger partial charge in [-0.05, 0) is 66.4 Å². The molecule has 0 spiro atoms. The van der Waals surface area contributed by atoms with Gasteiger partial charge in [0, 0.05) is 56.6 Å². The molecule has 2 aliphatic heterocycles. The molecule has 3 aromatic carbocycles. The molecule has 0 radical (unpaired) electrons. The number of anilines is 1. The molecule has 376 valence electrons. The van der Waals surface area contributed by atoms with Crippen molar-refractivity contribution in [3.8, 4) is 39.4 Å². The number of hydrogen-bond donors (Lipinski definition) is 3. The zero-order valence-electron chi connectivity index (χ0n) is 40.7. The van der Waals surface area contributed by atoms with E-state index in [-0.39, 0.29) is 43.8 Å². The van der Waals surface area contributed by atoms with Crippen molar-refractivity contribution in [2.24, 2.45) is 5.92 Å². The smallest absolute Gasteiger partial charge is 0.255 e. The molecule has 3 N–H and O–H groups in total. The number of carbonyl (C=O) groups excluding carboxylic acids is 3. The number of amides is 3. The molecule has 3 amide bonds. The number of imidazole rings is 2. The van der Waals surface area contributed by atoms with Crippen molar-refractivity contribution in [1.29, 1.82) is 5.26 Å². The first-order chi connectivity index (χ1) is 35.5. The van der Waals surface area contributed by atoms with E-state index in [9.17, 15) is 24.8 Å². The lowest BCUT2D eigenvalue weighted by Gasteiger charge is -2.35. The number of fused-ring (bicyclic) bond motifs is 5. The number of rotatable bonds is 20. The van der Waals surface area contributed by atoms with Gasteiger partial charge in [0.15, 0.2) is 4.96 Å². The van der Waals surface area contributed by atoms with Gasteiger partial charge in [-0.2, -0.15) is 5.26 Å². The normalized spacial score (nSPS) is 15.9. The SMILES string of the molecule is CNc1c(-c2cn3c(n2)sc2cc(OCCOCCOCCOc4cc(-c5scnc5C)ccc4CNC(=O)[C@@H]4C[C@@H](O)CN4C(=O)[C@H](C(C)C)N4Cc5ccccc5C4=O)ccc23)nc2cc(C#N)ccn12. The number of β-amino-alcohol motifs (C(OH)–C–C–N with tert-alkyl or cyclic N) is 1. The van der Waals surface area contributed by atoms with Crippen LogP contribution in [0.5, 0.6) is 11.5 Å². The molecular weight excluding hydrogens is 969 g/mol. The average Bonchev–Trinajstić information content (AvgIpc) is 4.26. The summed E-state index contributed by atoms with van der Waals surface area (Å²) < 4.78 is 28.9. The Labute approximate surface area is 428 Å². The maximum Gasteiger partial charge on any atom is 0.255 e. The van der Waals surface area contributed by atoms with Crippen LogP contribution in [0.15, 0.2) is 90.7 Å².